The highest BCUT2D eigenvalue weighted by Gasteiger charge is 2.53. The van der Waals surface area contributed by atoms with Gasteiger partial charge in [0.05, 0.1) is 50.3 Å². The Morgan fingerprint density at radius 1 is 0.569 bits per heavy atom. The maximum absolute atomic E-state index is 7.35. The Labute approximate surface area is 346 Å². The van der Waals surface area contributed by atoms with E-state index in [0.717, 1.165) is 39.7 Å². The number of aryl methyl sites for hydroxylation is 1. The van der Waals surface area contributed by atoms with Gasteiger partial charge in [0.1, 0.15) is 24.4 Å². The molecule has 2 heterocycles. The Hall–Kier alpha value is -4.12. The normalized spacial score (nSPS) is 23.1. The van der Waals surface area contributed by atoms with E-state index in [-0.39, 0.29) is 5.92 Å². The molecule has 0 aliphatic carbocycles. The van der Waals surface area contributed by atoms with Crippen LogP contribution in [0.4, 0.5) is 0 Å². The predicted octanol–water partition coefficient (Wildman–Crippen LogP) is 9.53. The van der Waals surface area contributed by atoms with Crippen LogP contribution in [0.25, 0.3) is 0 Å². The topological polar surface area (TPSA) is 64.6 Å². The van der Waals surface area contributed by atoms with Crippen LogP contribution in [0.1, 0.15) is 80.3 Å². The Morgan fingerprint density at radius 2 is 1.02 bits per heavy atom. The number of hydrogen-bond acceptors (Lipinski definition) is 7. The van der Waals surface area contributed by atoms with E-state index < -0.39 is 48.8 Å². The maximum atomic E-state index is 7.35. The van der Waals surface area contributed by atoms with Crippen molar-refractivity contribution in [3.05, 3.63) is 173 Å². The summed E-state index contributed by atoms with van der Waals surface area (Å²) >= 11 is 0. The Morgan fingerprint density at radius 3 is 1.48 bits per heavy atom. The Kier molecular flexibility index (Phi) is 14.0. The van der Waals surface area contributed by atoms with E-state index >= 15 is 0 Å². The first-order valence-corrected chi connectivity index (χ1v) is 20.8. The second-order valence-corrected chi connectivity index (χ2v) is 16.6. The van der Waals surface area contributed by atoms with E-state index in [1.807, 2.05) is 72.8 Å². The largest absolute Gasteiger partial charge is 0.494 e. The van der Waals surface area contributed by atoms with Crippen LogP contribution in [0.2, 0.25) is 0 Å². The number of ether oxygens (including phenoxy) is 5. The minimum Gasteiger partial charge on any atom is -0.399 e. The Bertz CT molecular complexity index is 1980. The first-order valence-electron chi connectivity index (χ1n) is 20.8. The van der Waals surface area contributed by atoms with Crippen molar-refractivity contribution in [1.29, 1.82) is 0 Å². The molecule has 5 aromatic carbocycles. The molecule has 2 aliphatic rings. The molecule has 6 atom stereocenters. The molecular weight excluding hydrogens is 723 g/mol. The van der Waals surface area contributed by atoms with Crippen LogP contribution in [-0.2, 0) is 59.4 Å². The van der Waals surface area contributed by atoms with Gasteiger partial charge in [-0.05, 0) is 79.9 Å². The minimum absolute atomic E-state index is 0.0392. The van der Waals surface area contributed by atoms with Crippen LogP contribution in [0.5, 0.6) is 0 Å². The van der Waals surface area contributed by atoms with Crippen LogP contribution in [0.15, 0.2) is 140 Å². The molecule has 58 heavy (non-hydrogen) atoms. The second-order valence-electron chi connectivity index (χ2n) is 16.6. The summed E-state index contributed by atoms with van der Waals surface area (Å²) in [7, 11) is -0.449. The van der Waals surface area contributed by atoms with Gasteiger partial charge in [-0.15, -0.1) is 0 Å². The van der Waals surface area contributed by atoms with E-state index in [0.29, 0.717) is 33.0 Å². The monoisotopic (exact) mass is 782 g/mol. The van der Waals surface area contributed by atoms with Crippen molar-refractivity contribution in [3.8, 4) is 0 Å². The Balaban J connectivity index is 1.26. The lowest BCUT2D eigenvalue weighted by Gasteiger charge is -2.48. The second kappa shape index (κ2) is 19.3. The van der Waals surface area contributed by atoms with Crippen LogP contribution in [0.3, 0.4) is 0 Å². The molecule has 8 heteroatoms. The highest BCUT2D eigenvalue weighted by molar-refractivity contribution is 6.62. The van der Waals surface area contributed by atoms with E-state index in [1.165, 1.54) is 5.56 Å². The molecule has 0 radical (unpaired) electrons. The first kappa shape index (κ1) is 42.0. The molecule has 2 aliphatic heterocycles. The summed E-state index contributed by atoms with van der Waals surface area (Å²) in [6.45, 7) is 14.7. The van der Waals surface area contributed by atoms with Crippen molar-refractivity contribution in [2.24, 2.45) is 0 Å². The molecule has 1 unspecified atom stereocenters. The molecule has 5 aromatic rings. The van der Waals surface area contributed by atoms with E-state index in [1.54, 1.807) is 0 Å². The van der Waals surface area contributed by atoms with E-state index in [4.69, 9.17) is 33.0 Å². The molecule has 0 spiro atoms. The SMILES string of the molecule is CCC(c1ccc(B2OC(C)(C)C(C)(C)O2)cc1C)[C@H]1O[C@H](COCc2ccccc2)[C@@H](OCc2ccccc2)[C@H](OCc2ccccc2)[C@@H]1OCc1ccccc1. The van der Waals surface area contributed by atoms with Gasteiger partial charge in [0, 0.05) is 5.92 Å². The molecule has 2 saturated heterocycles. The smallest absolute Gasteiger partial charge is 0.399 e. The third kappa shape index (κ3) is 10.2. The van der Waals surface area contributed by atoms with Gasteiger partial charge in [0.2, 0.25) is 0 Å². The average molecular weight is 783 g/mol. The zero-order valence-electron chi connectivity index (χ0n) is 34.9. The summed E-state index contributed by atoms with van der Waals surface area (Å²) in [5, 5.41) is 0. The molecule has 0 bridgehead atoms. The quantitative estimate of drug-likeness (QED) is 0.0872. The molecule has 7 nitrogen and oxygen atoms in total. The zero-order valence-corrected chi connectivity index (χ0v) is 34.9. The lowest BCUT2D eigenvalue weighted by atomic mass is 9.75. The van der Waals surface area contributed by atoms with Gasteiger partial charge in [0.15, 0.2) is 0 Å². The molecule has 0 N–H and O–H groups in total. The van der Waals surface area contributed by atoms with Crippen molar-refractivity contribution in [2.45, 2.75) is 122 Å². The summed E-state index contributed by atoms with van der Waals surface area (Å²) in [5.74, 6) is -0.0392. The van der Waals surface area contributed by atoms with Crippen LogP contribution < -0.4 is 5.46 Å². The summed E-state index contributed by atoms with van der Waals surface area (Å²) in [5.41, 5.74) is 6.80. The molecule has 0 amide bonds. The minimum atomic E-state index is -0.499. The van der Waals surface area contributed by atoms with Crippen LogP contribution in [-0.4, -0.2) is 55.4 Å². The number of rotatable bonds is 17. The fraction of sp³-hybridized carbons (Fsp3) is 0.400. The van der Waals surface area contributed by atoms with E-state index in [2.05, 4.69) is 108 Å². The third-order valence-corrected chi connectivity index (χ3v) is 12.0. The third-order valence-electron chi connectivity index (χ3n) is 12.0. The zero-order chi connectivity index (χ0) is 40.5. The summed E-state index contributed by atoms with van der Waals surface area (Å²) < 4.78 is 47.8. The summed E-state index contributed by atoms with van der Waals surface area (Å²) in [6.07, 6.45) is -1.50. The predicted molar refractivity (Wildman–Crippen MR) is 230 cm³/mol. The fourth-order valence-electron chi connectivity index (χ4n) is 8.02. The van der Waals surface area contributed by atoms with Crippen LogP contribution >= 0.6 is 0 Å². The highest BCUT2D eigenvalue weighted by Crippen LogP contribution is 2.40. The van der Waals surface area contributed by atoms with Gasteiger partial charge < -0.3 is 33.0 Å². The van der Waals surface area contributed by atoms with Gasteiger partial charge in [-0.25, -0.2) is 0 Å². The fourth-order valence-corrected chi connectivity index (χ4v) is 8.02. The van der Waals surface area contributed by atoms with Crippen molar-refractivity contribution in [2.75, 3.05) is 6.61 Å². The summed E-state index contributed by atoms with van der Waals surface area (Å²) in [4.78, 5) is 0. The van der Waals surface area contributed by atoms with Crippen molar-refractivity contribution in [1.82, 2.24) is 0 Å². The maximum Gasteiger partial charge on any atom is 0.494 e. The van der Waals surface area contributed by atoms with Gasteiger partial charge in [-0.3, -0.25) is 0 Å². The van der Waals surface area contributed by atoms with Gasteiger partial charge in [0.25, 0.3) is 0 Å². The van der Waals surface area contributed by atoms with Crippen molar-refractivity contribution in [3.63, 3.8) is 0 Å². The molecule has 0 aromatic heterocycles. The van der Waals surface area contributed by atoms with Gasteiger partial charge in [-0.2, -0.15) is 0 Å². The highest BCUT2D eigenvalue weighted by atomic mass is 16.7. The lowest BCUT2D eigenvalue weighted by Crippen LogP contribution is -2.62. The molecule has 7 rings (SSSR count). The number of hydrogen-bond donors (Lipinski definition) is 0. The van der Waals surface area contributed by atoms with Gasteiger partial charge >= 0.3 is 7.12 Å². The van der Waals surface area contributed by atoms with Crippen LogP contribution in [0, 0.1) is 6.92 Å². The molecule has 2 fully saturated rings. The summed E-state index contributed by atoms with van der Waals surface area (Å²) in [6, 6.07) is 47.7. The standard InChI is InChI=1S/C50H59BO7/c1-7-42(43-29-28-41(30-36(43)2)51-57-49(3,4)50(5,6)58-51)45-47(54-33-39-24-16-10-17-25-39)48(55-34-40-26-18-11-19-27-40)46(53-32-38-22-14-9-15-23-38)44(56-45)35-52-31-37-20-12-8-13-21-37/h8-30,42,44-48H,7,31-35H2,1-6H3/t42?,44-,45-,46-,47-,48+/m1/s1. The number of benzene rings is 5. The average Bonchev–Trinajstić information content (AvgIpc) is 3.46. The lowest BCUT2D eigenvalue weighted by molar-refractivity contribution is -0.276. The first-order chi connectivity index (χ1) is 28.1. The van der Waals surface area contributed by atoms with Gasteiger partial charge in [-0.1, -0.05) is 146 Å². The van der Waals surface area contributed by atoms with Crippen molar-refractivity contribution >= 4 is 12.6 Å². The van der Waals surface area contributed by atoms with E-state index in [9.17, 15) is 0 Å². The molecular formula is C50H59BO7. The molecule has 304 valence electrons. The van der Waals surface area contributed by atoms with Crippen molar-refractivity contribution < 1.29 is 33.0 Å². The molecule has 0 saturated carbocycles.